The largest absolute Gasteiger partial charge is 0.491 e. The Kier molecular flexibility index (Phi) is 4.24. The fraction of sp³-hybridized carbons (Fsp3) is 0.500. The average molecular weight is 238 g/mol. The molecule has 0 saturated carbocycles. The van der Waals surface area contributed by atoms with Crippen LogP contribution < -0.4 is 10.5 Å². The lowest BCUT2D eigenvalue weighted by atomic mass is 9.93. The summed E-state index contributed by atoms with van der Waals surface area (Å²) >= 11 is 4.91. The molecule has 0 aromatic carbocycles. The first kappa shape index (κ1) is 12.9. The Morgan fingerprint density at radius 3 is 2.75 bits per heavy atom. The lowest BCUT2D eigenvalue weighted by Gasteiger charge is -2.18. The predicted molar refractivity (Wildman–Crippen MR) is 69.7 cm³/mol. The quantitative estimate of drug-likeness (QED) is 0.819. The maximum absolute atomic E-state index is 5.64. The maximum Gasteiger partial charge on any atom is 0.147 e. The van der Waals surface area contributed by atoms with Crippen LogP contribution in [0.3, 0.4) is 0 Å². The molecule has 0 saturated heterocycles. The van der Waals surface area contributed by atoms with Crippen LogP contribution in [0.1, 0.15) is 32.9 Å². The first-order valence-electron chi connectivity index (χ1n) is 5.28. The standard InChI is InChI=1S/C12H18N2OS/c1-12(2,3)6-8-15-9-5-4-7-14-10(9)11(13)16/h4-5,7H,6,8H2,1-3H3,(H2,13,16). The van der Waals surface area contributed by atoms with Crippen LogP contribution in [0, 0.1) is 5.41 Å². The minimum Gasteiger partial charge on any atom is -0.491 e. The van der Waals surface area contributed by atoms with Crippen LogP contribution >= 0.6 is 12.2 Å². The van der Waals surface area contributed by atoms with E-state index >= 15 is 0 Å². The SMILES string of the molecule is CC(C)(C)CCOc1cccnc1C(N)=S. The molecule has 0 fully saturated rings. The highest BCUT2D eigenvalue weighted by molar-refractivity contribution is 7.80. The smallest absolute Gasteiger partial charge is 0.147 e. The van der Waals surface area contributed by atoms with Crippen LogP contribution in [-0.2, 0) is 0 Å². The molecule has 16 heavy (non-hydrogen) atoms. The van der Waals surface area contributed by atoms with Gasteiger partial charge in [0.05, 0.1) is 6.61 Å². The summed E-state index contributed by atoms with van der Waals surface area (Å²) in [5.74, 6) is 0.666. The third-order valence-electron chi connectivity index (χ3n) is 2.11. The van der Waals surface area contributed by atoms with Gasteiger partial charge in [-0.05, 0) is 24.0 Å². The van der Waals surface area contributed by atoms with E-state index in [2.05, 4.69) is 25.8 Å². The summed E-state index contributed by atoms with van der Waals surface area (Å²) in [6.45, 7) is 7.17. The molecule has 0 unspecified atom stereocenters. The summed E-state index contributed by atoms with van der Waals surface area (Å²) in [6, 6.07) is 3.65. The number of pyridine rings is 1. The van der Waals surface area contributed by atoms with Crippen molar-refractivity contribution in [2.45, 2.75) is 27.2 Å². The first-order chi connectivity index (χ1) is 7.40. The van der Waals surface area contributed by atoms with Gasteiger partial charge >= 0.3 is 0 Å². The third kappa shape index (κ3) is 4.14. The second-order valence-corrected chi connectivity index (χ2v) is 5.31. The summed E-state index contributed by atoms with van der Waals surface area (Å²) < 4.78 is 5.64. The van der Waals surface area contributed by atoms with Gasteiger partial charge < -0.3 is 10.5 Å². The van der Waals surface area contributed by atoms with Crippen molar-refractivity contribution in [3.63, 3.8) is 0 Å². The van der Waals surface area contributed by atoms with Crippen molar-refractivity contribution in [1.82, 2.24) is 4.98 Å². The predicted octanol–water partition coefficient (Wildman–Crippen LogP) is 2.53. The maximum atomic E-state index is 5.64. The molecule has 1 aromatic rings. The molecule has 0 amide bonds. The molecule has 0 aliphatic rings. The molecule has 1 rings (SSSR count). The summed E-state index contributed by atoms with van der Waals surface area (Å²) in [6.07, 6.45) is 2.63. The van der Waals surface area contributed by atoms with Crippen molar-refractivity contribution in [3.8, 4) is 5.75 Å². The molecule has 0 aliphatic carbocycles. The van der Waals surface area contributed by atoms with Crippen molar-refractivity contribution in [3.05, 3.63) is 24.0 Å². The van der Waals surface area contributed by atoms with Gasteiger partial charge in [-0.3, -0.25) is 0 Å². The van der Waals surface area contributed by atoms with Gasteiger partial charge in [0.25, 0.3) is 0 Å². The van der Waals surface area contributed by atoms with Crippen LogP contribution in [-0.4, -0.2) is 16.6 Å². The van der Waals surface area contributed by atoms with Gasteiger partial charge in [0.1, 0.15) is 16.4 Å². The minimum absolute atomic E-state index is 0.256. The van der Waals surface area contributed by atoms with Crippen LogP contribution in [0.25, 0.3) is 0 Å². The Bertz CT molecular complexity index is 372. The Hall–Kier alpha value is -1.16. The van der Waals surface area contributed by atoms with Crippen LogP contribution in [0.4, 0.5) is 0 Å². The molecule has 0 aliphatic heterocycles. The molecule has 0 spiro atoms. The first-order valence-corrected chi connectivity index (χ1v) is 5.68. The van der Waals surface area contributed by atoms with E-state index in [1.165, 1.54) is 0 Å². The van der Waals surface area contributed by atoms with E-state index in [0.29, 0.717) is 18.1 Å². The topological polar surface area (TPSA) is 48.1 Å². The minimum atomic E-state index is 0.256. The van der Waals surface area contributed by atoms with E-state index in [1.807, 2.05) is 12.1 Å². The van der Waals surface area contributed by atoms with E-state index in [1.54, 1.807) is 6.20 Å². The summed E-state index contributed by atoms with van der Waals surface area (Å²) in [4.78, 5) is 4.37. The lowest BCUT2D eigenvalue weighted by Crippen LogP contribution is -2.16. The number of aromatic nitrogens is 1. The fourth-order valence-electron chi connectivity index (χ4n) is 1.16. The normalized spacial score (nSPS) is 11.2. The van der Waals surface area contributed by atoms with Gasteiger partial charge in [-0.1, -0.05) is 33.0 Å². The number of hydrogen-bond acceptors (Lipinski definition) is 3. The number of nitrogens with two attached hydrogens (primary N) is 1. The van der Waals surface area contributed by atoms with Gasteiger partial charge in [0.2, 0.25) is 0 Å². The summed E-state index contributed by atoms with van der Waals surface area (Å²) in [7, 11) is 0. The molecule has 3 nitrogen and oxygen atoms in total. The Labute approximate surface area is 102 Å². The average Bonchev–Trinajstić information content (AvgIpc) is 2.16. The zero-order chi connectivity index (χ0) is 12.2. The zero-order valence-corrected chi connectivity index (χ0v) is 10.8. The molecule has 1 heterocycles. The van der Waals surface area contributed by atoms with Gasteiger partial charge in [-0.15, -0.1) is 0 Å². The second-order valence-electron chi connectivity index (χ2n) is 4.87. The number of thiocarbonyl (C=S) groups is 1. The van der Waals surface area contributed by atoms with E-state index in [4.69, 9.17) is 22.7 Å². The monoisotopic (exact) mass is 238 g/mol. The lowest BCUT2D eigenvalue weighted by molar-refractivity contribution is 0.242. The number of hydrogen-bond donors (Lipinski definition) is 1. The number of ether oxygens (including phenoxy) is 1. The molecule has 88 valence electrons. The van der Waals surface area contributed by atoms with Crippen LogP contribution in [0.2, 0.25) is 0 Å². The van der Waals surface area contributed by atoms with E-state index in [9.17, 15) is 0 Å². The highest BCUT2D eigenvalue weighted by Crippen LogP contribution is 2.20. The van der Waals surface area contributed by atoms with Crippen molar-refractivity contribution < 1.29 is 4.74 Å². The molecular weight excluding hydrogens is 220 g/mol. The fourth-order valence-corrected chi connectivity index (χ4v) is 1.31. The van der Waals surface area contributed by atoms with Gasteiger partial charge in [-0.2, -0.15) is 0 Å². The number of nitrogens with zero attached hydrogens (tertiary/aromatic N) is 1. The summed E-state index contributed by atoms with van der Waals surface area (Å²) in [5.41, 5.74) is 6.38. The van der Waals surface area contributed by atoms with E-state index < -0.39 is 0 Å². The molecule has 4 heteroatoms. The van der Waals surface area contributed by atoms with E-state index in [0.717, 1.165) is 6.42 Å². The molecule has 0 bridgehead atoms. The van der Waals surface area contributed by atoms with Crippen LogP contribution in [0.5, 0.6) is 5.75 Å². The van der Waals surface area contributed by atoms with Crippen LogP contribution in [0.15, 0.2) is 18.3 Å². The number of rotatable bonds is 4. The van der Waals surface area contributed by atoms with Gasteiger partial charge in [0.15, 0.2) is 0 Å². The zero-order valence-electron chi connectivity index (χ0n) is 9.99. The second kappa shape index (κ2) is 5.25. The van der Waals surface area contributed by atoms with E-state index in [-0.39, 0.29) is 10.4 Å². The Balaban J connectivity index is 2.64. The highest BCUT2D eigenvalue weighted by Gasteiger charge is 2.12. The molecule has 2 N–H and O–H groups in total. The molecule has 1 aromatic heterocycles. The molecular formula is C12H18N2OS. The Morgan fingerprint density at radius 2 is 2.19 bits per heavy atom. The Morgan fingerprint density at radius 1 is 1.50 bits per heavy atom. The molecule has 0 radical (unpaired) electrons. The summed E-state index contributed by atoms with van der Waals surface area (Å²) in [5, 5.41) is 0. The molecule has 0 atom stereocenters. The third-order valence-corrected chi connectivity index (χ3v) is 2.31. The van der Waals surface area contributed by atoms with Crippen molar-refractivity contribution >= 4 is 17.2 Å². The van der Waals surface area contributed by atoms with Gasteiger partial charge in [0, 0.05) is 6.20 Å². The van der Waals surface area contributed by atoms with Crippen molar-refractivity contribution in [2.24, 2.45) is 11.1 Å². The van der Waals surface area contributed by atoms with Crippen molar-refractivity contribution in [2.75, 3.05) is 6.61 Å². The van der Waals surface area contributed by atoms with Gasteiger partial charge in [-0.25, -0.2) is 4.98 Å². The van der Waals surface area contributed by atoms with Crippen molar-refractivity contribution in [1.29, 1.82) is 0 Å². The highest BCUT2D eigenvalue weighted by atomic mass is 32.1.